The van der Waals surface area contributed by atoms with E-state index in [-0.39, 0.29) is 0 Å². The molecule has 0 N–H and O–H groups in total. The number of aromatic nitrogens is 3. The first-order chi connectivity index (χ1) is 6.24. The molecule has 0 spiro atoms. The molecule has 0 aliphatic heterocycles. The Morgan fingerprint density at radius 3 is 2.77 bits per heavy atom. The minimum Gasteiger partial charge on any atom is -0.265 e. The fourth-order valence-corrected chi connectivity index (χ4v) is 1.74. The highest BCUT2D eigenvalue weighted by Gasteiger charge is 2.07. The third kappa shape index (κ3) is 1.11. The van der Waals surface area contributed by atoms with Crippen LogP contribution in [-0.2, 0) is 6.54 Å². The van der Waals surface area contributed by atoms with Crippen molar-refractivity contribution in [2.24, 2.45) is 0 Å². The summed E-state index contributed by atoms with van der Waals surface area (Å²) in [6.07, 6.45) is 1.84. The molecule has 2 rings (SSSR count). The third-order valence-electron chi connectivity index (χ3n) is 2.33. The summed E-state index contributed by atoms with van der Waals surface area (Å²) in [7, 11) is 0. The molecule has 2 heterocycles. The quantitative estimate of drug-likeness (QED) is 0.664. The Bertz CT molecular complexity index is 443. The van der Waals surface area contributed by atoms with E-state index in [1.54, 1.807) is 0 Å². The van der Waals surface area contributed by atoms with Crippen LogP contribution in [0.3, 0.4) is 0 Å². The molecule has 0 aromatic carbocycles. The fraction of sp³-hybridized carbons (Fsp3) is 0.400. The van der Waals surface area contributed by atoms with Gasteiger partial charge in [0, 0.05) is 23.8 Å². The van der Waals surface area contributed by atoms with Crippen molar-refractivity contribution in [1.29, 1.82) is 0 Å². The number of fused-ring (bicyclic) bond motifs is 1. The molecule has 68 valence electrons. The van der Waals surface area contributed by atoms with Crippen molar-refractivity contribution in [3.05, 3.63) is 23.7 Å². The first-order valence-electron chi connectivity index (χ1n) is 4.52. The summed E-state index contributed by atoms with van der Waals surface area (Å²) in [5, 5.41) is 5.64. The van der Waals surface area contributed by atoms with Gasteiger partial charge in [-0.2, -0.15) is 5.10 Å². The predicted molar refractivity (Wildman–Crippen MR) is 52.7 cm³/mol. The van der Waals surface area contributed by atoms with Gasteiger partial charge in [-0.25, -0.2) is 0 Å². The zero-order chi connectivity index (χ0) is 9.42. The molecule has 0 aliphatic carbocycles. The number of rotatable bonds is 1. The third-order valence-corrected chi connectivity index (χ3v) is 2.33. The van der Waals surface area contributed by atoms with Crippen LogP contribution in [0.2, 0.25) is 0 Å². The lowest BCUT2D eigenvalue weighted by atomic mass is 10.2. The molecule has 2 aromatic rings. The second-order valence-electron chi connectivity index (χ2n) is 3.19. The molecule has 3 nitrogen and oxygen atoms in total. The van der Waals surface area contributed by atoms with E-state index in [1.807, 2.05) is 30.8 Å². The van der Waals surface area contributed by atoms with Gasteiger partial charge in [0.1, 0.15) is 0 Å². The van der Waals surface area contributed by atoms with Crippen molar-refractivity contribution in [1.82, 2.24) is 14.8 Å². The second kappa shape index (κ2) is 2.83. The standard InChI is InChI=1S/C10H13N3/c1-4-13-9-5-6-11-7(2)10(9)8(3)12-13/h5-6H,4H2,1-3H3. The molecule has 0 bridgehead atoms. The molecule has 0 saturated heterocycles. The first kappa shape index (κ1) is 8.23. The van der Waals surface area contributed by atoms with Gasteiger partial charge in [-0.3, -0.25) is 9.67 Å². The van der Waals surface area contributed by atoms with Crippen LogP contribution < -0.4 is 0 Å². The van der Waals surface area contributed by atoms with Crippen molar-refractivity contribution in [2.75, 3.05) is 0 Å². The molecule has 0 radical (unpaired) electrons. The van der Waals surface area contributed by atoms with Crippen LogP contribution in [0.25, 0.3) is 10.9 Å². The van der Waals surface area contributed by atoms with Crippen molar-refractivity contribution in [2.45, 2.75) is 27.3 Å². The average Bonchev–Trinajstić information content (AvgIpc) is 2.44. The SMILES string of the molecule is CCn1nc(C)c2c(C)nccc21. The monoisotopic (exact) mass is 175 g/mol. The van der Waals surface area contributed by atoms with Crippen molar-refractivity contribution in [3.63, 3.8) is 0 Å². The van der Waals surface area contributed by atoms with Gasteiger partial charge in [-0.15, -0.1) is 0 Å². The zero-order valence-electron chi connectivity index (χ0n) is 8.20. The van der Waals surface area contributed by atoms with E-state index in [0.29, 0.717) is 0 Å². The highest BCUT2D eigenvalue weighted by atomic mass is 15.3. The Labute approximate surface area is 77.4 Å². The Hall–Kier alpha value is -1.38. The maximum Gasteiger partial charge on any atom is 0.0718 e. The Balaban J connectivity index is 2.87. The topological polar surface area (TPSA) is 30.7 Å². The summed E-state index contributed by atoms with van der Waals surface area (Å²) in [6.45, 7) is 7.07. The lowest BCUT2D eigenvalue weighted by molar-refractivity contribution is 0.676. The second-order valence-corrected chi connectivity index (χ2v) is 3.19. The van der Waals surface area contributed by atoms with E-state index in [2.05, 4.69) is 17.0 Å². The number of hydrogen-bond acceptors (Lipinski definition) is 2. The molecule has 2 aromatic heterocycles. The van der Waals surface area contributed by atoms with Crippen LogP contribution in [0, 0.1) is 13.8 Å². The number of aryl methyl sites for hydroxylation is 3. The molecule has 0 unspecified atom stereocenters. The van der Waals surface area contributed by atoms with Gasteiger partial charge >= 0.3 is 0 Å². The summed E-state index contributed by atoms with van der Waals surface area (Å²) < 4.78 is 2.01. The minimum absolute atomic E-state index is 0.911. The summed E-state index contributed by atoms with van der Waals surface area (Å²) in [4.78, 5) is 4.26. The minimum atomic E-state index is 0.911. The molecular formula is C10H13N3. The van der Waals surface area contributed by atoms with Gasteiger partial charge in [-0.05, 0) is 26.8 Å². The van der Waals surface area contributed by atoms with Gasteiger partial charge in [0.05, 0.1) is 11.2 Å². The van der Waals surface area contributed by atoms with Crippen LogP contribution in [0.5, 0.6) is 0 Å². The van der Waals surface area contributed by atoms with E-state index in [0.717, 1.165) is 17.9 Å². The average molecular weight is 175 g/mol. The normalized spacial score (nSPS) is 11.0. The van der Waals surface area contributed by atoms with Gasteiger partial charge in [0.25, 0.3) is 0 Å². The van der Waals surface area contributed by atoms with Crippen LogP contribution in [0.15, 0.2) is 12.3 Å². The Kier molecular flexibility index (Phi) is 1.79. The van der Waals surface area contributed by atoms with E-state index in [1.165, 1.54) is 10.9 Å². The van der Waals surface area contributed by atoms with E-state index in [4.69, 9.17) is 0 Å². The largest absolute Gasteiger partial charge is 0.265 e. The molecular weight excluding hydrogens is 162 g/mol. The van der Waals surface area contributed by atoms with Gasteiger partial charge in [-0.1, -0.05) is 0 Å². The first-order valence-corrected chi connectivity index (χ1v) is 4.52. The zero-order valence-corrected chi connectivity index (χ0v) is 8.20. The maximum absolute atomic E-state index is 4.45. The van der Waals surface area contributed by atoms with E-state index in [9.17, 15) is 0 Å². The maximum atomic E-state index is 4.45. The fourth-order valence-electron chi connectivity index (χ4n) is 1.74. The highest BCUT2D eigenvalue weighted by Crippen LogP contribution is 2.19. The van der Waals surface area contributed by atoms with Gasteiger partial charge in [0.15, 0.2) is 0 Å². The van der Waals surface area contributed by atoms with Gasteiger partial charge in [0.2, 0.25) is 0 Å². The molecule has 3 heteroatoms. The summed E-state index contributed by atoms with van der Waals surface area (Å²) in [6, 6.07) is 2.02. The highest BCUT2D eigenvalue weighted by molar-refractivity contribution is 5.83. The van der Waals surface area contributed by atoms with Crippen molar-refractivity contribution < 1.29 is 0 Å². The van der Waals surface area contributed by atoms with Crippen LogP contribution in [0.1, 0.15) is 18.3 Å². The Morgan fingerprint density at radius 2 is 2.08 bits per heavy atom. The lowest BCUT2D eigenvalue weighted by Crippen LogP contribution is -1.95. The molecule has 0 fully saturated rings. The predicted octanol–water partition coefficient (Wildman–Crippen LogP) is 2.07. The van der Waals surface area contributed by atoms with Crippen LogP contribution in [-0.4, -0.2) is 14.8 Å². The van der Waals surface area contributed by atoms with E-state index < -0.39 is 0 Å². The van der Waals surface area contributed by atoms with Crippen LogP contribution in [0.4, 0.5) is 0 Å². The van der Waals surface area contributed by atoms with Gasteiger partial charge < -0.3 is 0 Å². The number of hydrogen-bond donors (Lipinski definition) is 0. The molecule has 0 amide bonds. The molecule has 13 heavy (non-hydrogen) atoms. The molecule has 0 aliphatic rings. The molecule has 0 atom stereocenters. The van der Waals surface area contributed by atoms with E-state index >= 15 is 0 Å². The van der Waals surface area contributed by atoms with Crippen LogP contribution >= 0.6 is 0 Å². The number of pyridine rings is 1. The summed E-state index contributed by atoms with van der Waals surface area (Å²) in [5.41, 5.74) is 3.32. The Morgan fingerprint density at radius 1 is 1.31 bits per heavy atom. The summed E-state index contributed by atoms with van der Waals surface area (Å²) >= 11 is 0. The number of nitrogens with zero attached hydrogens (tertiary/aromatic N) is 3. The smallest absolute Gasteiger partial charge is 0.0718 e. The van der Waals surface area contributed by atoms with Crippen molar-refractivity contribution >= 4 is 10.9 Å². The molecule has 0 saturated carbocycles. The van der Waals surface area contributed by atoms with Crippen molar-refractivity contribution in [3.8, 4) is 0 Å². The lowest BCUT2D eigenvalue weighted by Gasteiger charge is -1.97. The summed E-state index contributed by atoms with van der Waals surface area (Å²) in [5.74, 6) is 0.